The average Bonchev–Trinajstić information content (AvgIpc) is 2.39. The highest BCUT2D eigenvalue weighted by Crippen LogP contribution is 2.22. The second-order valence-electron chi connectivity index (χ2n) is 2.46. The summed E-state index contributed by atoms with van der Waals surface area (Å²) in [6.07, 6.45) is 1.57. The molecule has 2 heterocycles. The van der Waals surface area contributed by atoms with Gasteiger partial charge in [-0.3, -0.25) is 0 Å². The molecule has 0 saturated heterocycles. The first kappa shape index (κ1) is 7.83. The van der Waals surface area contributed by atoms with E-state index in [4.69, 9.17) is 23.2 Å². The topological polar surface area (TPSA) is 41.6 Å². The van der Waals surface area contributed by atoms with Crippen LogP contribution in [-0.2, 0) is 0 Å². The van der Waals surface area contributed by atoms with Gasteiger partial charge in [-0.1, -0.05) is 11.6 Å². The van der Waals surface area contributed by atoms with E-state index in [1.54, 1.807) is 6.20 Å². The molecule has 12 heavy (non-hydrogen) atoms. The van der Waals surface area contributed by atoms with Crippen molar-refractivity contribution >= 4 is 34.4 Å². The summed E-state index contributed by atoms with van der Waals surface area (Å²) < 4.78 is 0. The molecule has 1 N–H and O–H groups in total. The number of nitrogens with zero attached hydrogens (tertiary/aromatic N) is 2. The number of H-pyrrole nitrogens is 1. The molecule has 0 bridgehead atoms. The van der Waals surface area contributed by atoms with Gasteiger partial charge >= 0.3 is 0 Å². The summed E-state index contributed by atoms with van der Waals surface area (Å²) in [6.45, 7) is 1.89. The number of halogens is 2. The molecule has 2 aromatic heterocycles. The van der Waals surface area contributed by atoms with Crippen molar-refractivity contribution in [1.82, 2.24) is 15.0 Å². The predicted molar refractivity (Wildman–Crippen MR) is 48.6 cm³/mol. The minimum atomic E-state index is 0.336. The number of nitrogens with one attached hydrogen (secondary N) is 1. The van der Waals surface area contributed by atoms with Gasteiger partial charge in [0.25, 0.3) is 0 Å². The first-order chi connectivity index (χ1) is 5.68. The van der Waals surface area contributed by atoms with Crippen molar-refractivity contribution in [3.63, 3.8) is 0 Å². The number of hydrogen-bond donors (Lipinski definition) is 1. The molecular formula is C7H5Cl2N3. The van der Waals surface area contributed by atoms with Crippen LogP contribution in [0.3, 0.4) is 0 Å². The monoisotopic (exact) mass is 201 g/mol. The molecule has 0 aliphatic carbocycles. The van der Waals surface area contributed by atoms with Crippen LogP contribution in [0, 0.1) is 6.92 Å². The smallest absolute Gasteiger partial charge is 0.202 e. The molecule has 3 nitrogen and oxygen atoms in total. The molecule has 5 heteroatoms. The fraction of sp³-hybridized carbons (Fsp3) is 0.143. The zero-order valence-electron chi connectivity index (χ0n) is 6.23. The van der Waals surface area contributed by atoms with E-state index in [-0.39, 0.29) is 0 Å². The molecule has 2 aromatic rings. The lowest BCUT2D eigenvalue weighted by molar-refractivity contribution is 1.30. The summed E-state index contributed by atoms with van der Waals surface area (Å²) in [5, 5.41) is 0.950. The number of aromatic amines is 1. The molecule has 0 saturated carbocycles. The Morgan fingerprint density at radius 3 is 2.92 bits per heavy atom. The van der Waals surface area contributed by atoms with E-state index >= 15 is 0 Å². The molecule has 0 atom stereocenters. The zero-order valence-corrected chi connectivity index (χ0v) is 7.74. The van der Waals surface area contributed by atoms with Gasteiger partial charge in [0.15, 0.2) is 5.65 Å². The summed E-state index contributed by atoms with van der Waals surface area (Å²) in [5.41, 5.74) is 2.32. The number of imidazole rings is 1. The van der Waals surface area contributed by atoms with Gasteiger partial charge < -0.3 is 4.98 Å². The van der Waals surface area contributed by atoms with E-state index < -0.39 is 0 Å². The normalized spacial score (nSPS) is 10.9. The van der Waals surface area contributed by atoms with Gasteiger partial charge in [-0.15, -0.1) is 0 Å². The maximum absolute atomic E-state index is 5.84. The second-order valence-corrected chi connectivity index (χ2v) is 3.22. The van der Waals surface area contributed by atoms with Crippen LogP contribution in [0.2, 0.25) is 10.3 Å². The number of hydrogen-bond acceptors (Lipinski definition) is 2. The van der Waals surface area contributed by atoms with Crippen LogP contribution in [0.25, 0.3) is 11.2 Å². The van der Waals surface area contributed by atoms with Crippen LogP contribution in [0.4, 0.5) is 0 Å². The molecule has 0 aliphatic rings. The van der Waals surface area contributed by atoms with Gasteiger partial charge in [-0.05, 0) is 24.1 Å². The van der Waals surface area contributed by atoms with Crippen LogP contribution in [0.15, 0.2) is 6.20 Å². The van der Waals surface area contributed by atoms with Crippen molar-refractivity contribution in [3.05, 3.63) is 22.1 Å². The third-order valence-electron chi connectivity index (χ3n) is 1.69. The van der Waals surface area contributed by atoms with Crippen molar-refractivity contribution in [2.75, 3.05) is 0 Å². The molecule has 0 amide bonds. The maximum Gasteiger partial charge on any atom is 0.202 e. The van der Waals surface area contributed by atoms with Crippen LogP contribution in [0.5, 0.6) is 0 Å². The van der Waals surface area contributed by atoms with Crippen LogP contribution >= 0.6 is 23.2 Å². The Morgan fingerprint density at radius 1 is 1.42 bits per heavy atom. The molecule has 0 aliphatic heterocycles. The molecule has 0 radical (unpaired) electrons. The van der Waals surface area contributed by atoms with Gasteiger partial charge in [0.1, 0.15) is 0 Å². The number of aromatic nitrogens is 3. The molecule has 0 aromatic carbocycles. The quantitative estimate of drug-likeness (QED) is 0.713. The van der Waals surface area contributed by atoms with E-state index in [0.29, 0.717) is 16.0 Å². The fourth-order valence-electron chi connectivity index (χ4n) is 1.02. The SMILES string of the molecule is Cc1c(Cl)cnc2nc(Cl)[nH]c12. The van der Waals surface area contributed by atoms with Crippen molar-refractivity contribution < 1.29 is 0 Å². The van der Waals surface area contributed by atoms with Crippen LogP contribution < -0.4 is 0 Å². The standard InChI is InChI=1S/C7H5Cl2N3/c1-3-4(8)2-10-6-5(3)11-7(9)12-6/h2H,1H3,(H,10,11,12). The largest absolute Gasteiger partial charge is 0.327 e. The highest BCUT2D eigenvalue weighted by molar-refractivity contribution is 6.32. The van der Waals surface area contributed by atoms with Crippen molar-refractivity contribution in [2.45, 2.75) is 6.92 Å². The number of pyridine rings is 1. The summed E-state index contributed by atoms with van der Waals surface area (Å²) in [6, 6.07) is 0. The van der Waals surface area contributed by atoms with Crippen molar-refractivity contribution in [2.24, 2.45) is 0 Å². The second kappa shape index (κ2) is 2.61. The van der Waals surface area contributed by atoms with E-state index in [1.807, 2.05) is 6.92 Å². The van der Waals surface area contributed by atoms with Crippen LogP contribution in [-0.4, -0.2) is 15.0 Å². The third kappa shape index (κ3) is 1.06. The Kier molecular flexibility index (Phi) is 1.70. The highest BCUT2D eigenvalue weighted by Gasteiger charge is 2.06. The molecule has 62 valence electrons. The van der Waals surface area contributed by atoms with Gasteiger partial charge in [0.2, 0.25) is 5.28 Å². The molecule has 0 spiro atoms. The third-order valence-corrected chi connectivity index (χ3v) is 2.25. The Bertz CT molecular complexity index is 435. The summed E-state index contributed by atoms with van der Waals surface area (Å²) in [4.78, 5) is 10.8. The molecule has 0 fully saturated rings. The fourth-order valence-corrected chi connectivity index (χ4v) is 1.34. The number of rotatable bonds is 0. The Morgan fingerprint density at radius 2 is 2.17 bits per heavy atom. The first-order valence-electron chi connectivity index (χ1n) is 3.35. The van der Waals surface area contributed by atoms with Gasteiger partial charge in [0.05, 0.1) is 10.5 Å². The van der Waals surface area contributed by atoms with E-state index in [9.17, 15) is 0 Å². The number of fused-ring (bicyclic) bond motifs is 1. The Hall–Kier alpha value is -0.800. The Balaban J connectivity index is 2.89. The Labute approximate surface area is 78.7 Å². The summed E-state index contributed by atoms with van der Waals surface area (Å²) in [5.74, 6) is 0. The van der Waals surface area contributed by atoms with E-state index in [1.165, 1.54) is 0 Å². The van der Waals surface area contributed by atoms with Crippen LogP contribution in [0.1, 0.15) is 5.56 Å². The number of aryl methyl sites for hydroxylation is 1. The lowest BCUT2D eigenvalue weighted by Gasteiger charge is -1.95. The van der Waals surface area contributed by atoms with Gasteiger partial charge in [-0.25, -0.2) is 4.98 Å². The van der Waals surface area contributed by atoms with E-state index in [0.717, 1.165) is 11.1 Å². The average molecular weight is 202 g/mol. The summed E-state index contributed by atoms with van der Waals surface area (Å²) >= 11 is 11.5. The lowest BCUT2D eigenvalue weighted by atomic mass is 10.3. The lowest BCUT2D eigenvalue weighted by Crippen LogP contribution is -1.82. The molecular weight excluding hydrogens is 197 g/mol. The molecule has 0 unspecified atom stereocenters. The first-order valence-corrected chi connectivity index (χ1v) is 4.10. The minimum absolute atomic E-state index is 0.336. The van der Waals surface area contributed by atoms with Gasteiger partial charge in [0, 0.05) is 6.20 Å². The molecule has 2 rings (SSSR count). The van der Waals surface area contributed by atoms with Crippen molar-refractivity contribution in [3.8, 4) is 0 Å². The summed E-state index contributed by atoms with van der Waals surface area (Å²) in [7, 11) is 0. The highest BCUT2D eigenvalue weighted by atomic mass is 35.5. The predicted octanol–water partition coefficient (Wildman–Crippen LogP) is 2.57. The van der Waals surface area contributed by atoms with Gasteiger partial charge in [-0.2, -0.15) is 4.98 Å². The minimum Gasteiger partial charge on any atom is -0.327 e. The van der Waals surface area contributed by atoms with E-state index in [2.05, 4.69) is 15.0 Å². The van der Waals surface area contributed by atoms with Crippen molar-refractivity contribution in [1.29, 1.82) is 0 Å². The maximum atomic E-state index is 5.84. The zero-order chi connectivity index (χ0) is 8.72.